The normalized spacial score (nSPS) is 16.8. The van der Waals surface area contributed by atoms with Crippen LogP contribution in [0.3, 0.4) is 0 Å². The number of carbonyl (C=O) groups excluding carboxylic acids is 2. The fourth-order valence-corrected chi connectivity index (χ4v) is 6.39. The maximum atomic E-state index is 14.0. The molecule has 5 rings (SSSR count). The Labute approximate surface area is 266 Å². The molecule has 0 saturated heterocycles. The zero-order chi connectivity index (χ0) is 30.2. The average Bonchev–Trinajstić information content (AvgIpc) is 3.54. The number of rotatable bonds is 7. The summed E-state index contributed by atoms with van der Waals surface area (Å²) < 4.78 is 12.5. The number of halogens is 6. The van der Waals surface area contributed by atoms with Crippen molar-refractivity contribution in [3.05, 3.63) is 128 Å². The standard InChI is InChI=1S/C31H19Cl5FN3O2/c32-20-10-18(11-21(33)13-20)27-28(31(27,35)36)29(41)39-23-7-8-25(34)24(14-23)30(42)40(16-17-4-2-1-3-5-17)26-9-6-22(37)12-19(26)15-38/h1-14,27-28H,16H2,(H,39,41)/t27-,28+/m0/s1. The SMILES string of the molecule is N#Cc1cc(F)ccc1N(Cc1ccccc1)C(=O)c1cc(NC(=O)[C@H]2[C@H](c3cc(Cl)cc(Cl)c3)C2(Cl)Cl)ccc1Cl. The Morgan fingerprint density at radius 1 is 0.929 bits per heavy atom. The van der Waals surface area contributed by atoms with Crippen LogP contribution >= 0.6 is 58.0 Å². The van der Waals surface area contributed by atoms with E-state index in [2.05, 4.69) is 5.32 Å². The summed E-state index contributed by atoms with van der Waals surface area (Å²) in [7, 11) is 0. The van der Waals surface area contributed by atoms with Crippen LogP contribution in [-0.2, 0) is 11.3 Å². The topological polar surface area (TPSA) is 73.2 Å². The first-order chi connectivity index (χ1) is 20.0. The van der Waals surface area contributed by atoms with Crippen molar-refractivity contribution in [1.82, 2.24) is 0 Å². The van der Waals surface area contributed by atoms with Crippen LogP contribution in [0, 0.1) is 23.1 Å². The summed E-state index contributed by atoms with van der Waals surface area (Å²) in [6.07, 6.45) is 0. The second-order valence-electron chi connectivity index (χ2n) is 9.67. The Bertz CT molecular complexity index is 1720. The van der Waals surface area contributed by atoms with Gasteiger partial charge in [-0.1, -0.05) is 65.1 Å². The van der Waals surface area contributed by atoms with Gasteiger partial charge in [-0.15, -0.1) is 23.2 Å². The third-order valence-electron chi connectivity index (χ3n) is 6.84. The largest absolute Gasteiger partial charge is 0.326 e. The van der Waals surface area contributed by atoms with Gasteiger partial charge >= 0.3 is 0 Å². The molecule has 42 heavy (non-hydrogen) atoms. The Balaban J connectivity index is 1.44. The van der Waals surface area contributed by atoms with Gasteiger partial charge in [0.15, 0.2) is 0 Å². The van der Waals surface area contributed by atoms with Crippen LogP contribution in [0.2, 0.25) is 15.1 Å². The summed E-state index contributed by atoms with van der Waals surface area (Å²) in [6, 6.07) is 23.9. The first-order valence-corrected chi connectivity index (χ1v) is 14.4. The highest BCUT2D eigenvalue weighted by Gasteiger charge is 2.67. The molecule has 0 heterocycles. The lowest BCUT2D eigenvalue weighted by molar-refractivity contribution is -0.117. The molecule has 2 atom stereocenters. The lowest BCUT2D eigenvalue weighted by atomic mass is 10.1. The predicted octanol–water partition coefficient (Wildman–Crippen LogP) is 9.03. The zero-order valence-electron chi connectivity index (χ0n) is 21.4. The zero-order valence-corrected chi connectivity index (χ0v) is 25.2. The van der Waals surface area contributed by atoms with Crippen LogP contribution in [0.15, 0.2) is 84.9 Å². The average molecular weight is 662 g/mol. The van der Waals surface area contributed by atoms with Crippen LogP contribution in [0.5, 0.6) is 0 Å². The summed E-state index contributed by atoms with van der Waals surface area (Å²) >= 11 is 31.7. The molecule has 1 N–H and O–H groups in total. The third-order valence-corrected chi connectivity index (χ3v) is 8.55. The number of alkyl halides is 2. The van der Waals surface area contributed by atoms with E-state index in [1.807, 2.05) is 36.4 Å². The molecule has 0 unspecified atom stereocenters. The van der Waals surface area contributed by atoms with E-state index < -0.39 is 33.8 Å². The van der Waals surface area contributed by atoms with Crippen molar-refractivity contribution >= 4 is 81.2 Å². The minimum absolute atomic E-state index is 0.0266. The number of nitriles is 1. The van der Waals surface area contributed by atoms with Crippen molar-refractivity contribution < 1.29 is 14.0 Å². The molecule has 0 bridgehead atoms. The molecule has 1 aliphatic rings. The molecular formula is C31H19Cl5FN3O2. The molecule has 5 nitrogen and oxygen atoms in total. The molecule has 0 radical (unpaired) electrons. The second-order valence-corrected chi connectivity index (χ2v) is 12.4. The number of hydrogen-bond acceptors (Lipinski definition) is 3. The summed E-state index contributed by atoms with van der Waals surface area (Å²) in [6.45, 7) is 0.0693. The van der Waals surface area contributed by atoms with Gasteiger partial charge in [0, 0.05) is 21.7 Å². The number of nitrogens with zero attached hydrogens (tertiary/aromatic N) is 2. The number of carbonyl (C=O) groups is 2. The number of amides is 2. The quantitative estimate of drug-likeness (QED) is 0.201. The van der Waals surface area contributed by atoms with Gasteiger partial charge in [-0.2, -0.15) is 5.26 Å². The molecule has 4 aromatic carbocycles. The molecule has 1 aliphatic carbocycles. The van der Waals surface area contributed by atoms with Gasteiger partial charge in [0.05, 0.1) is 34.3 Å². The highest BCUT2D eigenvalue weighted by Crippen LogP contribution is 2.65. The lowest BCUT2D eigenvalue weighted by Gasteiger charge is -2.25. The Morgan fingerprint density at radius 2 is 1.62 bits per heavy atom. The van der Waals surface area contributed by atoms with Gasteiger partial charge < -0.3 is 10.2 Å². The van der Waals surface area contributed by atoms with Gasteiger partial charge in [-0.25, -0.2) is 4.39 Å². The molecule has 0 spiro atoms. The van der Waals surface area contributed by atoms with Crippen LogP contribution in [-0.4, -0.2) is 16.1 Å². The van der Waals surface area contributed by atoms with E-state index in [0.29, 0.717) is 15.6 Å². The molecule has 212 valence electrons. The van der Waals surface area contributed by atoms with E-state index in [-0.39, 0.29) is 34.1 Å². The van der Waals surface area contributed by atoms with Gasteiger partial charge in [0.2, 0.25) is 5.91 Å². The second kappa shape index (κ2) is 12.1. The van der Waals surface area contributed by atoms with Gasteiger partial charge in [0.25, 0.3) is 5.91 Å². The summed E-state index contributed by atoms with van der Waals surface area (Å²) in [4.78, 5) is 28.6. The first-order valence-electron chi connectivity index (χ1n) is 12.5. The maximum absolute atomic E-state index is 14.0. The molecule has 0 aromatic heterocycles. The molecule has 4 aromatic rings. The number of benzene rings is 4. The van der Waals surface area contributed by atoms with Crippen molar-refractivity contribution in [3.8, 4) is 6.07 Å². The summed E-state index contributed by atoms with van der Waals surface area (Å²) in [5.41, 5.74) is 1.88. The first kappa shape index (κ1) is 30.2. The number of hydrogen-bond donors (Lipinski definition) is 1. The van der Waals surface area contributed by atoms with E-state index in [9.17, 15) is 19.2 Å². The van der Waals surface area contributed by atoms with E-state index in [1.165, 1.54) is 35.2 Å². The Hall–Kier alpha value is -3.31. The van der Waals surface area contributed by atoms with Crippen LogP contribution in [0.25, 0.3) is 0 Å². The number of anilines is 2. The fourth-order valence-electron chi connectivity index (χ4n) is 4.82. The minimum Gasteiger partial charge on any atom is -0.326 e. The van der Waals surface area contributed by atoms with Crippen LogP contribution < -0.4 is 10.2 Å². The van der Waals surface area contributed by atoms with Crippen LogP contribution in [0.1, 0.15) is 33.0 Å². The van der Waals surface area contributed by atoms with Gasteiger partial charge in [-0.3, -0.25) is 9.59 Å². The maximum Gasteiger partial charge on any atom is 0.260 e. The molecule has 1 saturated carbocycles. The van der Waals surface area contributed by atoms with Crippen molar-refractivity contribution in [1.29, 1.82) is 5.26 Å². The highest BCUT2D eigenvalue weighted by atomic mass is 35.5. The van der Waals surface area contributed by atoms with Crippen molar-refractivity contribution in [2.24, 2.45) is 5.92 Å². The molecule has 1 fully saturated rings. The van der Waals surface area contributed by atoms with Crippen molar-refractivity contribution in [3.63, 3.8) is 0 Å². The van der Waals surface area contributed by atoms with Gasteiger partial charge in [0.1, 0.15) is 16.2 Å². The smallest absolute Gasteiger partial charge is 0.260 e. The summed E-state index contributed by atoms with van der Waals surface area (Å²) in [5, 5.41) is 13.3. The lowest BCUT2D eigenvalue weighted by Crippen LogP contribution is -2.31. The molecular weight excluding hydrogens is 643 g/mol. The van der Waals surface area contributed by atoms with Crippen LogP contribution in [0.4, 0.5) is 15.8 Å². The minimum atomic E-state index is -1.40. The van der Waals surface area contributed by atoms with Crippen molar-refractivity contribution in [2.75, 3.05) is 10.2 Å². The fraction of sp³-hybridized carbons (Fsp3) is 0.129. The van der Waals surface area contributed by atoms with E-state index >= 15 is 0 Å². The van der Waals surface area contributed by atoms with Gasteiger partial charge in [-0.05, 0) is 65.7 Å². The monoisotopic (exact) mass is 659 g/mol. The molecule has 11 heteroatoms. The Morgan fingerprint density at radius 3 is 2.29 bits per heavy atom. The Kier molecular flexibility index (Phi) is 8.71. The van der Waals surface area contributed by atoms with E-state index in [4.69, 9.17) is 58.0 Å². The summed E-state index contributed by atoms with van der Waals surface area (Å²) in [5.74, 6) is -3.04. The van der Waals surface area contributed by atoms with E-state index in [0.717, 1.165) is 11.6 Å². The van der Waals surface area contributed by atoms with Crippen molar-refractivity contribution in [2.45, 2.75) is 16.8 Å². The predicted molar refractivity (Wildman–Crippen MR) is 165 cm³/mol. The highest BCUT2D eigenvalue weighted by molar-refractivity contribution is 6.53. The van der Waals surface area contributed by atoms with E-state index in [1.54, 1.807) is 18.2 Å². The number of nitrogens with one attached hydrogen (secondary N) is 1. The third kappa shape index (κ3) is 6.22. The molecule has 0 aliphatic heterocycles. The molecule has 2 amide bonds.